The van der Waals surface area contributed by atoms with E-state index >= 15 is 0 Å². The maximum Gasteiger partial charge on any atom is 0.351 e. The van der Waals surface area contributed by atoms with Crippen LogP contribution >= 0.6 is 0 Å². The van der Waals surface area contributed by atoms with Gasteiger partial charge in [0, 0.05) is 18.7 Å². The summed E-state index contributed by atoms with van der Waals surface area (Å²) in [6.45, 7) is 4.70. The molecule has 0 radical (unpaired) electrons. The third-order valence-electron chi connectivity index (χ3n) is 5.45. The minimum atomic E-state index is -0.301. The van der Waals surface area contributed by atoms with Gasteiger partial charge in [-0.05, 0) is 62.3 Å². The Morgan fingerprint density at radius 3 is 2.85 bits per heavy atom. The number of carbonyl (C=O) groups is 1. The number of hydrogen-bond donors (Lipinski definition) is 0. The van der Waals surface area contributed by atoms with Gasteiger partial charge in [-0.1, -0.05) is 0 Å². The maximum absolute atomic E-state index is 13.0. The molecule has 0 aliphatic carbocycles. The van der Waals surface area contributed by atoms with Crippen LogP contribution in [-0.4, -0.2) is 44.7 Å². The molecule has 1 aliphatic rings. The number of aromatic nitrogens is 3. The van der Waals surface area contributed by atoms with Gasteiger partial charge >= 0.3 is 5.69 Å². The lowest BCUT2D eigenvalue weighted by Crippen LogP contribution is -2.44. The third kappa shape index (κ3) is 2.97. The highest BCUT2D eigenvalue weighted by Gasteiger charge is 2.24. The fraction of sp³-hybridized carbons (Fsp3) is 0.450. The van der Waals surface area contributed by atoms with Gasteiger partial charge in [0.15, 0.2) is 5.65 Å². The summed E-state index contributed by atoms with van der Waals surface area (Å²) in [5.41, 5.74) is 1.89. The Labute approximate surface area is 157 Å². The molecule has 0 bridgehead atoms. The predicted molar refractivity (Wildman–Crippen MR) is 103 cm³/mol. The predicted octanol–water partition coefficient (Wildman–Crippen LogP) is 2.37. The first-order chi connectivity index (χ1) is 13.0. The average molecular weight is 368 g/mol. The number of methoxy groups -OCH3 is 1. The van der Waals surface area contributed by atoms with Gasteiger partial charge in [0.05, 0.1) is 12.6 Å². The molecule has 0 N–H and O–H groups in total. The van der Waals surface area contributed by atoms with Gasteiger partial charge in [-0.3, -0.25) is 4.79 Å². The Hall–Kier alpha value is -2.83. The van der Waals surface area contributed by atoms with E-state index in [0.29, 0.717) is 11.4 Å². The van der Waals surface area contributed by atoms with Crippen molar-refractivity contribution in [2.24, 2.45) is 0 Å². The summed E-state index contributed by atoms with van der Waals surface area (Å²) in [6.07, 6.45) is 3.17. The zero-order valence-electron chi connectivity index (χ0n) is 15.9. The highest BCUT2D eigenvalue weighted by molar-refractivity contribution is 5.84. The van der Waals surface area contributed by atoms with Crippen molar-refractivity contribution in [3.05, 3.63) is 40.3 Å². The molecule has 7 heteroatoms. The molecule has 7 nitrogen and oxygen atoms in total. The van der Waals surface area contributed by atoms with Crippen LogP contribution in [0.25, 0.3) is 16.6 Å². The molecule has 0 unspecified atom stereocenters. The second-order valence-electron chi connectivity index (χ2n) is 7.28. The third-order valence-corrected chi connectivity index (χ3v) is 5.45. The molecule has 142 valence electrons. The fourth-order valence-electron chi connectivity index (χ4n) is 3.93. The first-order valence-corrected chi connectivity index (χ1v) is 9.36. The van der Waals surface area contributed by atoms with Gasteiger partial charge in [-0.15, -0.1) is 5.10 Å². The van der Waals surface area contributed by atoms with Crippen molar-refractivity contribution in [3.8, 4) is 5.75 Å². The van der Waals surface area contributed by atoms with Gasteiger partial charge in [-0.2, -0.15) is 0 Å². The van der Waals surface area contributed by atoms with Crippen molar-refractivity contribution < 1.29 is 9.53 Å². The summed E-state index contributed by atoms with van der Waals surface area (Å²) in [7, 11) is 1.59. The molecule has 4 rings (SSSR count). The number of fused-ring (bicyclic) bond motifs is 3. The second kappa shape index (κ2) is 6.72. The van der Waals surface area contributed by atoms with E-state index in [2.05, 4.69) is 12.0 Å². The lowest BCUT2D eigenvalue weighted by Gasteiger charge is -2.33. The van der Waals surface area contributed by atoms with Crippen molar-refractivity contribution >= 4 is 22.5 Å². The number of likely N-dealkylation sites (tertiary alicyclic amines) is 1. The molecule has 0 saturated carbocycles. The number of hydrogen-bond acceptors (Lipinski definition) is 4. The minimum absolute atomic E-state index is 0.0320. The lowest BCUT2D eigenvalue weighted by atomic mass is 10.0. The number of nitrogens with zero attached hydrogens (tertiary/aromatic N) is 4. The highest BCUT2D eigenvalue weighted by atomic mass is 16.5. The fourth-order valence-corrected chi connectivity index (χ4v) is 3.93. The zero-order chi connectivity index (χ0) is 19.1. The summed E-state index contributed by atoms with van der Waals surface area (Å²) >= 11 is 0. The van der Waals surface area contributed by atoms with E-state index in [1.165, 1.54) is 4.68 Å². The number of ether oxygens (including phenoxy) is 1. The molecule has 3 aromatic rings. The van der Waals surface area contributed by atoms with Crippen LogP contribution in [-0.2, 0) is 11.3 Å². The van der Waals surface area contributed by atoms with Crippen LogP contribution in [0.2, 0.25) is 0 Å². The molecule has 1 aliphatic heterocycles. The summed E-state index contributed by atoms with van der Waals surface area (Å²) in [6, 6.07) is 7.82. The zero-order valence-corrected chi connectivity index (χ0v) is 15.9. The van der Waals surface area contributed by atoms with E-state index in [0.717, 1.165) is 42.3 Å². The molecule has 3 heterocycles. The van der Waals surface area contributed by atoms with Gasteiger partial charge in [-0.25, -0.2) is 13.9 Å². The lowest BCUT2D eigenvalue weighted by molar-refractivity contribution is -0.135. The second-order valence-corrected chi connectivity index (χ2v) is 7.28. The molecule has 1 fully saturated rings. The number of piperidine rings is 1. The summed E-state index contributed by atoms with van der Waals surface area (Å²) in [5, 5.41) is 5.39. The number of carbonyl (C=O) groups excluding carboxylic acids is 1. The molecule has 27 heavy (non-hydrogen) atoms. The summed E-state index contributed by atoms with van der Waals surface area (Å²) in [4.78, 5) is 27.7. The standard InChI is InChI=1S/C20H24N4O3/c1-13-10-15-7-8-16(27-3)11-17(15)24-19(13)21-23(20(24)26)12-18(25)22-9-5-4-6-14(22)2/h7-8,10-11,14H,4-6,9,12H2,1-3H3/t14-/m1/s1. The highest BCUT2D eigenvalue weighted by Crippen LogP contribution is 2.23. The van der Waals surface area contributed by atoms with E-state index in [1.54, 1.807) is 11.5 Å². The molecule has 1 aromatic carbocycles. The maximum atomic E-state index is 13.0. The molecule has 1 amide bonds. The molecule has 1 saturated heterocycles. The molecule has 1 atom stereocenters. The van der Waals surface area contributed by atoms with E-state index in [1.807, 2.05) is 36.1 Å². The Balaban J connectivity index is 1.79. The topological polar surface area (TPSA) is 68.8 Å². The number of aryl methyl sites for hydroxylation is 1. The van der Waals surface area contributed by atoms with E-state index in [9.17, 15) is 9.59 Å². The Morgan fingerprint density at radius 2 is 2.11 bits per heavy atom. The smallest absolute Gasteiger partial charge is 0.351 e. The van der Waals surface area contributed by atoms with Crippen LogP contribution < -0.4 is 10.4 Å². The van der Waals surface area contributed by atoms with Crippen LogP contribution in [0.5, 0.6) is 5.75 Å². The Morgan fingerprint density at radius 1 is 1.30 bits per heavy atom. The van der Waals surface area contributed by atoms with Gasteiger partial charge in [0.25, 0.3) is 0 Å². The number of benzene rings is 1. The van der Waals surface area contributed by atoms with Gasteiger partial charge in [0.1, 0.15) is 12.3 Å². The van der Waals surface area contributed by atoms with Crippen molar-refractivity contribution in [3.63, 3.8) is 0 Å². The molecular weight excluding hydrogens is 344 g/mol. The largest absolute Gasteiger partial charge is 0.497 e. The van der Waals surface area contributed by atoms with E-state index in [-0.39, 0.29) is 24.2 Å². The van der Waals surface area contributed by atoms with Gasteiger partial charge < -0.3 is 9.64 Å². The number of amides is 1. The van der Waals surface area contributed by atoms with Crippen molar-refractivity contribution in [2.75, 3.05) is 13.7 Å². The van der Waals surface area contributed by atoms with Crippen LogP contribution in [0.4, 0.5) is 0 Å². The first kappa shape index (κ1) is 17.6. The average Bonchev–Trinajstić information content (AvgIpc) is 2.99. The minimum Gasteiger partial charge on any atom is -0.497 e. The van der Waals surface area contributed by atoms with Crippen molar-refractivity contribution in [2.45, 2.75) is 45.7 Å². The van der Waals surface area contributed by atoms with E-state index < -0.39 is 0 Å². The van der Waals surface area contributed by atoms with Gasteiger partial charge in [0.2, 0.25) is 5.91 Å². The summed E-state index contributed by atoms with van der Waals surface area (Å²) in [5.74, 6) is 0.623. The molecule has 2 aromatic heterocycles. The molecular formula is C20H24N4O3. The van der Waals surface area contributed by atoms with Crippen LogP contribution in [0, 0.1) is 6.92 Å². The number of rotatable bonds is 3. The normalized spacial score (nSPS) is 17.6. The monoisotopic (exact) mass is 368 g/mol. The quantitative estimate of drug-likeness (QED) is 0.712. The first-order valence-electron chi connectivity index (χ1n) is 9.36. The van der Waals surface area contributed by atoms with Crippen molar-refractivity contribution in [1.82, 2.24) is 19.1 Å². The Kier molecular flexibility index (Phi) is 4.37. The van der Waals surface area contributed by atoms with Crippen molar-refractivity contribution in [1.29, 1.82) is 0 Å². The molecule has 0 spiro atoms. The van der Waals surface area contributed by atoms with Crippen LogP contribution in [0.1, 0.15) is 31.7 Å². The Bertz CT molecular complexity index is 1080. The van der Waals surface area contributed by atoms with Crippen LogP contribution in [0.15, 0.2) is 29.1 Å². The van der Waals surface area contributed by atoms with E-state index in [4.69, 9.17) is 4.74 Å². The SMILES string of the molecule is COc1ccc2cc(C)c3nn(CC(=O)N4CCCC[C@H]4C)c(=O)n3c2c1. The van der Waals surface area contributed by atoms with Crippen LogP contribution in [0.3, 0.4) is 0 Å². The number of pyridine rings is 1. The summed E-state index contributed by atoms with van der Waals surface area (Å²) < 4.78 is 8.15.